The zero-order valence-electron chi connectivity index (χ0n) is 17.7. The summed E-state index contributed by atoms with van der Waals surface area (Å²) in [5.74, 6) is 1.87. The lowest BCUT2D eigenvalue weighted by Gasteiger charge is -2.19. The predicted octanol–water partition coefficient (Wildman–Crippen LogP) is 3.69. The van der Waals surface area contributed by atoms with E-state index in [4.69, 9.17) is 4.74 Å². The van der Waals surface area contributed by atoms with E-state index in [1.54, 1.807) is 7.11 Å². The van der Waals surface area contributed by atoms with E-state index >= 15 is 0 Å². The molecule has 1 heterocycles. The fraction of sp³-hybridized carbons (Fsp3) is 0.391. The second kappa shape index (κ2) is 12.4. The summed E-state index contributed by atoms with van der Waals surface area (Å²) in [4.78, 5) is 18.6. The zero-order valence-corrected chi connectivity index (χ0v) is 20.0. The number of hydrogen-bond donors (Lipinski definition) is 2. The predicted molar refractivity (Wildman–Crippen MR) is 131 cm³/mol. The van der Waals surface area contributed by atoms with E-state index in [9.17, 15) is 4.79 Å². The second-order valence-electron chi connectivity index (χ2n) is 7.08. The minimum Gasteiger partial charge on any atom is -0.497 e. The van der Waals surface area contributed by atoms with Gasteiger partial charge in [0.25, 0.3) is 0 Å². The summed E-state index contributed by atoms with van der Waals surface area (Å²) in [6, 6.07) is 16.2. The topological polar surface area (TPSA) is 66.0 Å². The Kier molecular flexibility index (Phi) is 9.93. The average molecular weight is 522 g/mol. The molecule has 0 bridgehead atoms. The first-order chi connectivity index (χ1) is 14.2. The molecule has 2 N–H and O–H groups in total. The van der Waals surface area contributed by atoms with Gasteiger partial charge in [0, 0.05) is 32.6 Å². The number of carbonyl (C=O) groups excluding carboxylic acids is 1. The van der Waals surface area contributed by atoms with E-state index in [0.717, 1.165) is 36.8 Å². The van der Waals surface area contributed by atoms with Gasteiger partial charge in [0.05, 0.1) is 13.7 Å². The van der Waals surface area contributed by atoms with Crippen LogP contribution in [0, 0.1) is 0 Å². The number of carbonyl (C=O) groups is 1. The highest BCUT2D eigenvalue weighted by atomic mass is 127. The molecule has 0 unspecified atom stereocenters. The summed E-state index contributed by atoms with van der Waals surface area (Å²) in [7, 11) is 1.66. The number of halogens is 1. The van der Waals surface area contributed by atoms with Gasteiger partial charge < -0.3 is 20.3 Å². The molecule has 162 valence electrons. The summed E-state index contributed by atoms with van der Waals surface area (Å²) in [6.45, 7) is 5.62. The molecule has 3 rings (SSSR count). The number of nitrogens with one attached hydrogen (secondary N) is 2. The Morgan fingerprint density at radius 2 is 1.83 bits per heavy atom. The van der Waals surface area contributed by atoms with Crippen LogP contribution in [0.1, 0.15) is 36.5 Å². The highest BCUT2D eigenvalue weighted by Crippen LogP contribution is 2.17. The molecule has 1 fully saturated rings. The van der Waals surface area contributed by atoms with Crippen LogP contribution in [0.5, 0.6) is 5.75 Å². The minimum atomic E-state index is 0. The Morgan fingerprint density at radius 1 is 1.10 bits per heavy atom. The quantitative estimate of drug-likeness (QED) is 0.316. The zero-order chi connectivity index (χ0) is 20.5. The number of ether oxygens (including phenoxy) is 1. The van der Waals surface area contributed by atoms with Crippen LogP contribution in [-0.4, -0.2) is 37.0 Å². The van der Waals surface area contributed by atoms with E-state index in [-0.39, 0.29) is 29.9 Å². The Bertz CT molecular complexity index is 839. The van der Waals surface area contributed by atoms with Crippen molar-refractivity contribution in [1.82, 2.24) is 15.5 Å². The molecule has 7 heteroatoms. The highest BCUT2D eigenvalue weighted by molar-refractivity contribution is 14.0. The molecule has 1 aliphatic heterocycles. The van der Waals surface area contributed by atoms with Crippen molar-refractivity contribution in [3.8, 4) is 5.75 Å². The van der Waals surface area contributed by atoms with Gasteiger partial charge in [0.2, 0.25) is 5.91 Å². The molecule has 2 aromatic rings. The number of methoxy groups -OCH3 is 1. The van der Waals surface area contributed by atoms with Crippen LogP contribution in [0.3, 0.4) is 0 Å². The van der Waals surface area contributed by atoms with Crippen LogP contribution in [0.2, 0.25) is 0 Å². The Balaban J connectivity index is 0.00000320. The monoisotopic (exact) mass is 522 g/mol. The Hall–Kier alpha value is -2.29. The normalized spacial score (nSPS) is 13.7. The van der Waals surface area contributed by atoms with Crippen LogP contribution >= 0.6 is 24.0 Å². The lowest BCUT2D eigenvalue weighted by Crippen LogP contribution is -2.37. The van der Waals surface area contributed by atoms with Gasteiger partial charge >= 0.3 is 0 Å². The van der Waals surface area contributed by atoms with Crippen molar-refractivity contribution in [2.24, 2.45) is 4.99 Å². The fourth-order valence-corrected chi connectivity index (χ4v) is 3.38. The summed E-state index contributed by atoms with van der Waals surface area (Å²) in [5.41, 5.74) is 3.49. The van der Waals surface area contributed by atoms with Gasteiger partial charge in [0.1, 0.15) is 5.75 Å². The third-order valence-electron chi connectivity index (χ3n) is 5.02. The molecule has 30 heavy (non-hydrogen) atoms. The van der Waals surface area contributed by atoms with E-state index in [1.807, 2.05) is 41.3 Å². The lowest BCUT2D eigenvalue weighted by atomic mass is 10.1. The Morgan fingerprint density at radius 3 is 2.47 bits per heavy atom. The van der Waals surface area contributed by atoms with Crippen molar-refractivity contribution in [2.75, 3.05) is 20.2 Å². The molecule has 0 spiro atoms. The van der Waals surface area contributed by atoms with E-state index < -0.39 is 0 Å². The van der Waals surface area contributed by atoms with Crippen LogP contribution in [0.15, 0.2) is 53.5 Å². The summed E-state index contributed by atoms with van der Waals surface area (Å²) >= 11 is 0. The van der Waals surface area contributed by atoms with Gasteiger partial charge in [-0.25, -0.2) is 4.99 Å². The molecule has 0 aliphatic carbocycles. The minimum absolute atomic E-state index is 0. The maximum Gasteiger partial charge on any atom is 0.222 e. The van der Waals surface area contributed by atoms with Gasteiger partial charge in [-0.15, -0.1) is 24.0 Å². The van der Waals surface area contributed by atoms with Gasteiger partial charge in [0.15, 0.2) is 5.96 Å². The fourth-order valence-electron chi connectivity index (χ4n) is 3.38. The summed E-state index contributed by atoms with van der Waals surface area (Å²) < 4.78 is 5.20. The van der Waals surface area contributed by atoms with Gasteiger partial charge in [-0.2, -0.15) is 0 Å². The van der Waals surface area contributed by atoms with E-state index in [2.05, 4.69) is 34.7 Å². The molecular weight excluding hydrogens is 491 g/mol. The molecule has 1 aliphatic rings. The third-order valence-corrected chi connectivity index (χ3v) is 5.02. The van der Waals surface area contributed by atoms with Gasteiger partial charge in [-0.1, -0.05) is 36.4 Å². The van der Waals surface area contributed by atoms with Gasteiger partial charge in [-0.05, 0) is 42.2 Å². The van der Waals surface area contributed by atoms with Crippen molar-refractivity contribution >= 4 is 35.8 Å². The van der Waals surface area contributed by atoms with Crippen LogP contribution < -0.4 is 15.4 Å². The molecule has 6 nitrogen and oxygen atoms in total. The molecule has 2 aromatic carbocycles. The standard InChI is InChI=1S/C23H30N4O2.HI/c1-3-24-23(25-15-18-10-12-21(29-2)13-11-18)26-16-19-7-4-5-8-20(19)17-27-14-6-9-22(27)28;/h4-5,7-8,10-13H,3,6,9,14-17H2,1-2H3,(H2,24,25,26);1H. The number of benzene rings is 2. The van der Waals surface area contributed by atoms with E-state index in [0.29, 0.717) is 26.1 Å². The molecule has 1 saturated heterocycles. The van der Waals surface area contributed by atoms with Crippen LogP contribution in [-0.2, 0) is 24.4 Å². The highest BCUT2D eigenvalue weighted by Gasteiger charge is 2.20. The lowest BCUT2D eigenvalue weighted by molar-refractivity contribution is -0.128. The number of likely N-dealkylation sites (tertiary alicyclic amines) is 1. The van der Waals surface area contributed by atoms with Crippen molar-refractivity contribution in [2.45, 2.75) is 39.4 Å². The molecule has 0 saturated carbocycles. The first kappa shape index (κ1) is 24.0. The molecular formula is C23H31IN4O2. The van der Waals surface area contributed by atoms with E-state index in [1.165, 1.54) is 11.1 Å². The van der Waals surface area contributed by atoms with Crippen molar-refractivity contribution in [1.29, 1.82) is 0 Å². The first-order valence-corrected chi connectivity index (χ1v) is 10.2. The van der Waals surface area contributed by atoms with Crippen molar-refractivity contribution in [3.05, 3.63) is 65.2 Å². The third kappa shape index (κ3) is 6.90. The number of amides is 1. The molecule has 0 atom stereocenters. The number of guanidine groups is 1. The first-order valence-electron chi connectivity index (χ1n) is 10.2. The van der Waals surface area contributed by atoms with Crippen LogP contribution in [0.4, 0.5) is 0 Å². The molecule has 1 amide bonds. The van der Waals surface area contributed by atoms with Crippen LogP contribution in [0.25, 0.3) is 0 Å². The number of rotatable bonds is 8. The Labute approximate surface area is 196 Å². The summed E-state index contributed by atoms with van der Waals surface area (Å²) in [6.07, 6.45) is 1.63. The second-order valence-corrected chi connectivity index (χ2v) is 7.08. The maximum absolute atomic E-state index is 12.0. The van der Waals surface area contributed by atoms with Gasteiger partial charge in [-0.3, -0.25) is 4.79 Å². The molecule has 0 aromatic heterocycles. The maximum atomic E-state index is 12.0. The number of nitrogens with zero attached hydrogens (tertiary/aromatic N) is 2. The SMILES string of the molecule is CCNC(=NCc1ccc(OC)cc1)NCc1ccccc1CN1CCCC1=O.I. The summed E-state index contributed by atoms with van der Waals surface area (Å²) in [5, 5.41) is 6.71. The number of aliphatic imine (C=N–C) groups is 1. The van der Waals surface area contributed by atoms with Crippen molar-refractivity contribution in [3.63, 3.8) is 0 Å². The molecule has 0 radical (unpaired) electrons. The largest absolute Gasteiger partial charge is 0.497 e. The smallest absolute Gasteiger partial charge is 0.222 e. The average Bonchev–Trinajstić information content (AvgIpc) is 3.16. The van der Waals surface area contributed by atoms with Crippen molar-refractivity contribution < 1.29 is 9.53 Å². The number of hydrogen-bond acceptors (Lipinski definition) is 3.